The monoisotopic (exact) mass is 196 g/mol. The van der Waals surface area contributed by atoms with E-state index < -0.39 is 17.3 Å². The van der Waals surface area contributed by atoms with Gasteiger partial charge in [-0.05, 0) is 12.8 Å². The van der Waals surface area contributed by atoms with E-state index in [0.717, 1.165) is 0 Å². The Labute approximate surface area is 78.9 Å². The highest BCUT2D eigenvalue weighted by Gasteiger charge is 2.57. The van der Waals surface area contributed by atoms with Crippen LogP contribution in [0.5, 0.6) is 0 Å². The molecule has 1 aliphatic rings. The Morgan fingerprint density at radius 1 is 1.57 bits per heavy atom. The van der Waals surface area contributed by atoms with Crippen molar-refractivity contribution in [1.29, 1.82) is 0 Å². The van der Waals surface area contributed by atoms with Crippen molar-refractivity contribution in [3.05, 3.63) is 12.5 Å². The molecular weight excluding hydrogens is 188 g/mol. The molecule has 1 fully saturated rings. The van der Waals surface area contributed by atoms with Crippen LogP contribution in [0.1, 0.15) is 12.8 Å². The van der Waals surface area contributed by atoms with Gasteiger partial charge in [-0.15, -0.1) is 0 Å². The van der Waals surface area contributed by atoms with E-state index in [0.29, 0.717) is 18.5 Å². The highest BCUT2D eigenvalue weighted by molar-refractivity contribution is 6.10. The van der Waals surface area contributed by atoms with Crippen LogP contribution in [0.15, 0.2) is 17.0 Å². The minimum absolute atomic E-state index is 0.377. The number of amides is 1. The number of nitrogens with one attached hydrogen (secondary N) is 1. The fraction of sp³-hybridized carbons (Fsp3) is 0.375. The lowest BCUT2D eigenvalue weighted by Crippen LogP contribution is -2.31. The number of aromatic nitrogens is 1. The van der Waals surface area contributed by atoms with E-state index in [-0.39, 0.29) is 0 Å². The van der Waals surface area contributed by atoms with E-state index in [2.05, 4.69) is 15.0 Å². The number of rotatable bonds is 3. The number of nitrogens with zero attached hydrogens (tertiary/aromatic N) is 1. The summed E-state index contributed by atoms with van der Waals surface area (Å²) in [7, 11) is 0. The zero-order valence-electron chi connectivity index (χ0n) is 7.19. The SMILES string of the molecule is O=C(O)C1(C(=O)Nc2cnoc2)CC1. The number of carbonyl (C=O) groups excluding carboxylic acids is 1. The van der Waals surface area contributed by atoms with Crippen molar-refractivity contribution in [3.63, 3.8) is 0 Å². The number of carboxylic acid groups (broad SMARTS) is 1. The Balaban J connectivity index is 2.07. The highest BCUT2D eigenvalue weighted by Crippen LogP contribution is 2.46. The van der Waals surface area contributed by atoms with Crippen molar-refractivity contribution in [2.24, 2.45) is 5.41 Å². The molecule has 0 saturated heterocycles. The van der Waals surface area contributed by atoms with Crippen LogP contribution in [0.3, 0.4) is 0 Å². The van der Waals surface area contributed by atoms with E-state index in [9.17, 15) is 9.59 Å². The first-order valence-electron chi connectivity index (χ1n) is 4.09. The molecule has 0 aliphatic heterocycles. The van der Waals surface area contributed by atoms with E-state index in [1.54, 1.807) is 0 Å². The number of anilines is 1. The second-order valence-electron chi connectivity index (χ2n) is 3.25. The molecule has 2 N–H and O–H groups in total. The smallest absolute Gasteiger partial charge is 0.319 e. The van der Waals surface area contributed by atoms with E-state index in [1.807, 2.05) is 0 Å². The van der Waals surface area contributed by atoms with Crippen LogP contribution in [-0.2, 0) is 9.59 Å². The maximum atomic E-state index is 11.5. The molecule has 1 aliphatic carbocycles. The molecule has 6 heteroatoms. The van der Waals surface area contributed by atoms with E-state index in [1.165, 1.54) is 12.5 Å². The van der Waals surface area contributed by atoms with Crippen LogP contribution in [0.2, 0.25) is 0 Å². The van der Waals surface area contributed by atoms with Gasteiger partial charge in [0.15, 0.2) is 0 Å². The highest BCUT2D eigenvalue weighted by atomic mass is 16.5. The molecule has 1 heterocycles. The number of carbonyl (C=O) groups is 2. The normalized spacial score (nSPS) is 17.4. The maximum Gasteiger partial charge on any atom is 0.319 e. The molecule has 6 nitrogen and oxygen atoms in total. The first-order chi connectivity index (χ1) is 6.65. The van der Waals surface area contributed by atoms with Crippen molar-refractivity contribution in [1.82, 2.24) is 5.16 Å². The summed E-state index contributed by atoms with van der Waals surface area (Å²) in [5, 5.41) is 14.6. The van der Waals surface area contributed by atoms with Crippen LogP contribution < -0.4 is 5.32 Å². The first kappa shape index (κ1) is 8.74. The fourth-order valence-corrected chi connectivity index (χ4v) is 1.18. The molecule has 0 bridgehead atoms. The Morgan fingerprint density at radius 3 is 2.71 bits per heavy atom. The second-order valence-corrected chi connectivity index (χ2v) is 3.25. The van der Waals surface area contributed by atoms with Gasteiger partial charge in [0, 0.05) is 0 Å². The first-order valence-corrected chi connectivity index (χ1v) is 4.09. The summed E-state index contributed by atoms with van der Waals surface area (Å²) in [6.45, 7) is 0. The van der Waals surface area contributed by atoms with Gasteiger partial charge in [0.1, 0.15) is 17.4 Å². The predicted octanol–water partition coefficient (Wildman–Crippen LogP) is 0.478. The Bertz CT molecular complexity index is 367. The lowest BCUT2D eigenvalue weighted by Gasteiger charge is -2.07. The average molecular weight is 196 g/mol. The molecule has 0 unspecified atom stereocenters. The van der Waals surface area contributed by atoms with Gasteiger partial charge in [0.05, 0.1) is 6.20 Å². The molecule has 0 radical (unpaired) electrons. The zero-order chi connectivity index (χ0) is 10.2. The minimum atomic E-state index is -1.22. The molecule has 2 rings (SSSR count). The molecule has 14 heavy (non-hydrogen) atoms. The zero-order valence-corrected chi connectivity index (χ0v) is 7.19. The maximum absolute atomic E-state index is 11.5. The van der Waals surface area contributed by atoms with Crippen molar-refractivity contribution in [3.8, 4) is 0 Å². The van der Waals surface area contributed by atoms with Gasteiger partial charge >= 0.3 is 5.97 Å². The largest absolute Gasteiger partial charge is 0.480 e. The molecule has 1 amide bonds. The van der Waals surface area contributed by atoms with Crippen LogP contribution in [0.25, 0.3) is 0 Å². The third kappa shape index (κ3) is 1.24. The average Bonchev–Trinajstić information content (AvgIpc) is 2.81. The topological polar surface area (TPSA) is 92.4 Å². The van der Waals surface area contributed by atoms with Gasteiger partial charge in [-0.25, -0.2) is 0 Å². The summed E-state index contributed by atoms with van der Waals surface area (Å²) < 4.78 is 4.50. The fourth-order valence-electron chi connectivity index (χ4n) is 1.18. The summed E-state index contributed by atoms with van der Waals surface area (Å²) >= 11 is 0. The Morgan fingerprint density at radius 2 is 2.29 bits per heavy atom. The minimum Gasteiger partial charge on any atom is -0.480 e. The summed E-state index contributed by atoms with van der Waals surface area (Å²) in [5.74, 6) is -1.58. The van der Waals surface area contributed by atoms with Gasteiger partial charge in [-0.3, -0.25) is 9.59 Å². The molecule has 1 saturated carbocycles. The molecule has 0 aromatic carbocycles. The molecule has 0 atom stereocenters. The molecule has 74 valence electrons. The van der Waals surface area contributed by atoms with Crippen molar-refractivity contribution in [2.75, 3.05) is 5.32 Å². The molecule has 1 aromatic rings. The van der Waals surface area contributed by atoms with Crippen molar-refractivity contribution < 1.29 is 19.2 Å². The molecule has 0 spiro atoms. The predicted molar refractivity (Wildman–Crippen MR) is 44.4 cm³/mol. The summed E-state index contributed by atoms with van der Waals surface area (Å²) in [6.07, 6.45) is 3.34. The third-order valence-corrected chi connectivity index (χ3v) is 2.28. The van der Waals surface area contributed by atoms with Crippen LogP contribution in [-0.4, -0.2) is 22.1 Å². The number of hydrogen-bond acceptors (Lipinski definition) is 4. The van der Waals surface area contributed by atoms with E-state index >= 15 is 0 Å². The standard InChI is InChI=1S/C8H8N2O4/c11-6(8(1-2-8)7(12)13)10-5-3-9-14-4-5/h3-4H,1-2H2,(H,10,11)(H,12,13). The van der Waals surface area contributed by atoms with E-state index in [4.69, 9.17) is 5.11 Å². The third-order valence-electron chi connectivity index (χ3n) is 2.28. The van der Waals surface area contributed by atoms with Crippen molar-refractivity contribution >= 4 is 17.6 Å². The Hall–Kier alpha value is -1.85. The summed E-state index contributed by atoms with van der Waals surface area (Å²) in [5.41, 5.74) is -0.848. The van der Waals surface area contributed by atoms with Crippen LogP contribution in [0, 0.1) is 5.41 Å². The quantitative estimate of drug-likeness (QED) is 0.686. The van der Waals surface area contributed by atoms with Gasteiger partial charge < -0.3 is 14.9 Å². The summed E-state index contributed by atoms with van der Waals surface area (Å²) in [4.78, 5) is 22.2. The molecular formula is C8H8N2O4. The second kappa shape index (κ2) is 2.83. The van der Waals surface area contributed by atoms with Crippen molar-refractivity contribution in [2.45, 2.75) is 12.8 Å². The van der Waals surface area contributed by atoms with Crippen LogP contribution in [0.4, 0.5) is 5.69 Å². The lowest BCUT2D eigenvalue weighted by atomic mass is 10.1. The Kier molecular flexibility index (Phi) is 1.77. The van der Waals surface area contributed by atoms with Gasteiger partial charge in [0.2, 0.25) is 5.91 Å². The van der Waals surface area contributed by atoms with Gasteiger partial charge in [-0.1, -0.05) is 5.16 Å². The van der Waals surface area contributed by atoms with Gasteiger partial charge in [-0.2, -0.15) is 0 Å². The number of aliphatic carboxylic acids is 1. The molecule has 1 aromatic heterocycles. The number of hydrogen-bond donors (Lipinski definition) is 2. The number of carboxylic acids is 1. The van der Waals surface area contributed by atoms with Gasteiger partial charge in [0.25, 0.3) is 0 Å². The summed E-state index contributed by atoms with van der Waals surface area (Å²) in [6, 6.07) is 0. The van der Waals surface area contributed by atoms with Crippen LogP contribution >= 0.6 is 0 Å². The lowest BCUT2D eigenvalue weighted by molar-refractivity contribution is -0.147.